The first-order valence-corrected chi connectivity index (χ1v) is 8.33. The zero-order valence-corrected chi connectivity index (χ0v) is 13.4. The van der Waals surface area contributed by atoms with E-state index in [-0.39, 0.29) is 5.82 Å². The third-order valence-corrected chi connectivity index (χ3v) is 4.48. The van der Waals surface area contributed by atoms with E-state index in [1.165, 1.54) is 12.1 Å². The quantitative estimate of drug-likeness (QED) is 0.783. The molecule has 0 aliphatic carbocycles. The zero-order chi connectivity index (χ0) is 16.4. The van der Waals surface area contributed by atoms with Gasteiger partial charge in [0, 0.05) is 12.5 Å². The van der Waals surface area contributed by atoms with E-state index in [1.807, 2.05) is 24.3 Å². The van der Waals surface area contributed by atoms with E-state index >= 15 is 0 Å². The lowest BCUT2D eigenvalue weighted by Gasteiger charge is -2.13. The molecule has 2 aromatic carbocycles. The molecule has 1 N–H and O–H groups in total. The maximum Gasteiger partial charge on any atom is 0.297 e. The van der Waals surface area contributed by atoms with Gasteiger partial charge in [0.15, 0.2) is 0 Å². The van der Waals surface area contributed by atoms with Crippen molar-refractivity contribution in [1.29, 1.82) is 0 Å². The van der Waals surface area contributed by atoms with Gasteiger partial charge < -0.3 is 10.1 Å². The molecule has 1 saturated heterocycles. The van der Waals surface area contributed by atoms with Crippen LogP contribution in [0.1, 0.15) is 12.0 Å². The van der Waals surface area contributed by atoms with Gasteiger partial charge in [0.1, 0.15) is 5.82 Å². The Hall–Kier alpha value is -2.40. The third kappa shape index (κ3) is 3.12. The van der Waals surface area contributed by atoms with Gasteiger partial charge in [0.2, 0.25) is 0 Å². The van der Waals surface area contributed by atoms with Gasteiger partial charge in [-0.25, -0.2) is 4.39 Å². The predicted molar refractivity (Wildman–Crippen MR) is 91.7 cm³/mol. The second-order valence-electron chi connectivity index (χ2n) is 6.27. The second kappa shape index (κ2) is 6.61. The molecule has 0 unspecified atom stereocenters. The molecule has 0 radical (unpaired) electrons. The first-order valence-electron chi connectivity index (χ1n) is 8.33. The van der Waals surface area contributed by atoms with Crippen molar-refractivity contribution in [1.82, 2.24) is 14.9 Å². The highest BCUT2D eigenvalue weighted by molar-refractivity contribution is 5.76. The van der Waals surface area contributed by atoms with Crippen molar-refractivity contribution in [2.24, 2.45) is 5.92 Å². The number of hydrogen-bond donors (Lipinski definition) is 1. The standard InChI is InChI=1S/C19H20FN3O/c20-16-7-5-14(6-8-16)12-23-18-4-2-1-3-17(18)22-19(23)24-13-15-9-10-21-11-15/h1-8,15,21H,9-13H2/t15-/m1/s1. The number of para-hydroxylation sites is 2. The molecule has 1 fully saturated rings. The number of benzene rings is 2. The Morgan fingerprint density at radius 2 is 2.00 bits per heavy atom. The average molecular weight is 325 g/mol. The van der Waals surface area contributed by atoms with Crippen LogP contribution in [0.4, 0.5) is 4.39 Å². The number of hydrogen-bond acceptors (Lipinski definition) is 3. The van der Waals surface area contributed by atoms with Gasteiger partial charge in [-0.1, -0.05) is 24.3 Å². The van der Waals surface area contributed by atoms with Crippen molar-refractivity contribution in [2.45, 2.75) is 13.0 Å². The van der Waals surface area contributed by atoms with E-state index < -0.39 is 0 Å². The van der Waals surface area contributed by atoms with E-state index in [1.54, 1.807) is 12.1 Å². The molecule has 1 aliphatic rings. The summed E-state index contributed by atoms with van der Waals surface area (Å²) in [5, 5.41) is 3.35. The van der Waals surface area contributed by atoms with Crippen LogP contribution in [0.15, 0.2) is 48.5 Å². The van der Waals surface area contributed by atoms with Crippen molar-refractivity contribution >= 4 is 11.0 Å². The number of aromatic nitrogens is 2. The number of rotatable bonds is 5. The Balaban J connectivity index is 1.62. The summed E-state index contributed by atoms with van der Waals surface area (Å²) in [4.78, 5) is 4.63. The van der Waals surface area contributed by atoms with E-state index in [9.17, 15) is 4.39 Å². The van der Waals surface area contributed by atoms with Crippen LogP contribution in [0.25, 0.3) is 11.0 Å². The smallest absolute Gasteiger partial charge is 0.297 e. The number of imidazole rings is 1. The number of halogens is 1. The number of fused-ring (bicyclic) bond motifs is 1. The van der Waals surface area contributed by atoms with E-state index in [2.05, 4.69) is 14.9 Å². The fraction of sp³-hybridized carbons (Fsp3) is 0.316. The van der Waals surface area contributed by atoms with Crippen LogP contribution in [0.2, 0.25) is 0 Å². The molecule has 124 valence electrons. The second-order valence-corrected chi connectivity index (χ2v) is 6.27. The van der Waals surface area contributed by atoms with E-state index in [4.69, 9.17) is 4.74 Å². The van der Waals surface area contributed by atoms with Crippen LogP contribution in [0, 0.1) is 11.7 Å². The molecule has 0 spiro atoms. The number of nitrogens with one attached hydrogen (secondary N) is 1. The van der Waals surface area contributed by atoms with Gasteiger partial charge in [0.05, 0.1) is 24.2 Å². The lowest BCUT2D eigenvalue weighted by molar-refractivity contribution is 0.234. The first-order chi connectivity index (χ1) is 11.8. The molecule has 1 aliphatic heterocycles. The summed E-state index contributed by atoms with van der Waals surface area (Å²) in [6.07, 6.45) is 1.14. The van der Waals surface area contributed by atoms with Gasteiger partial charge in [-0.05, 0) is 42.8 Å². The fourth-order valence-electron chi connectivity index (χ4n) is 3.14. The van der Waals surface area contributed by atoms with Crippen LogP contribution in [0.5, 0.6) is 6.01 Å². The largest absolute Gasteiger partial charge is 0.464 e. The molecule has 0 amide bonds. The van der Waals surface area contributed by atoms with Gasteiger partial charge >= 0.3 is 0 Å². The summed E-state index contributed by atoms with van der Waals surface area (Å²) in [6.45, 7) is 3.33. The maximum absolute atomic E-state index is 13.1. The molecule has 4 rings (SSSR count). The first kappa shape index (κ1) is 15.1. The topological polar surface area (TPSA) is 39.1 Å². The van der Waals surface area contributed by atoms with Crippen LogP contribution >= 0.6 is 0 Å². The SMILES string of the molecule is Fc1ccc(Cn2c(OC[C@@H]3CCNC3)nc3ccccc32)cc1. The molecule has 2 heterocycles. The van der Waals surface area contributed by atoms with Crippen molar-refractivity contribution < 1.29 is 9.13 Å². The lowest BCUT2D eigenvalue weighted by Crippen LogP contribution is -2.17. The summed E-state index contributed by atoms with van der Waals surface area (Å²) in [7, 11) is 0. The third-order valence-electron chi connectivity index (χ3n) is 4.48. The minimum atomic E-state index is -0.223. The highest BCUT2D eigenvalue weighted by Gasteiger charge is 2.18. The van der Waals surface area contributed by atoms with Gasteiger partial charge in [-0.3, -0.25) is 4.57 Å². The van der Waals surface area contributed by atoms with Gasteiger partial charge in [-0.2, -0.15) is 4.98 Å². The summed E-state index contributed by atoms with van der Waals surface area (Å²) < 4.78 is 21.2. The molecule has 1 atom stereocenters. The number of ether oxygens (including phenoxy) is 1. The summed E-state index contributed by atoms with van der Waals surface area (Å²) in [5.41, 5.74) is 2.97. The van der Waals surface area contributed by atoms with Crippen molar-refractivity contribution in [3.8, 4) is 6.01 Å². The number of nitrogens with zero attached hydrogens (tertiary/aromatic N) is 2. The zero-order valence-electron chi connectivity index (χ0n) is 13.4. The molecule has 3 aromatic rings. The summed E-state index contributed by atoms with van der Waals surface area (Å²) in [6, 6.07) is 15.2. The van der Waals surface area contributed by atoms with E-state index in [0.717, 1.165) is 36.1 Å². The Morgan fingerprint density at radius 3 is 2.79 bits per heavy atom. The summed E-state index contributed by atoms with van der Waals surface area (Å²) >= 11 is 0. The van der Waals surface area contributed by atoms with Crippen LogP contribution < -0.4 is 10.1 Å². The van der Waals surface area contributed by atoms with E-state index in [0.29, 0.717) is 25.1 Å². The molecule has 0 bridgehead atoms. The fourth-order valence-corrected chi connectivity index (χ4v) is 3.14. The van der Waals surface area contributed by atoms with Gasteiger partial charge in [0.25, 0.3) is 6.01 Å². The Morgan fingerprint density at radius 1 is 1.17 bits per heavy atom. The van der Waals surface area contributed by atoms with Crippen LogP contribution in [-0.2, 0) is 6.54 Å². The predicted octanol–water partition coefficient (Wildman–Crippen LogP) is 3.21. The minimum absolute atomic E-state index is 0.223. The molecule has 4 nitrogen and oxygen atoms in total. The molecule has 5 heteroatoms. The highest BCUT2D eigenvalue weighted by Crippen LogP contribution is 2.24. The van der Waals surface area contributed by atoms with Crippen molar-refractivity contribution in [2.75, 3.05) is 19.7 Å². The molecule has 1 aromatic heterocycles. The Kier molecular flexibility index (Phi) is 4.17. The summed E-state index contributed by atoms with van der Waals surface area (Å²) in [5.74, 6) is 0.309. The molecular formula is C19H20FN3O. The minimum Gasteiger partial charge on any atom is -0.464 e. The molecule has 0 saturated carbocycles. The van der Waals surface area contributed by atoms with Crippen molar-refractivity contribution in [3.63, 3.8) is 0 Å². The highest BCUT2D eigenvalue weighted by atomic mass is 19.1. The normalized spacial score (nSPS) is 17.5. The monoisotopic (exact) mass is 325 g/mol. The van der Waals surface area contributed by atoms with Crippen molar-refractivity contribution in [3.05, 3.63) is 59.9 Å². The Bertz CT molecular complexity index is 822. The lowest BCUT2D eigenvalue weighted by atomic mass is 10.1. The van der Waals surface area contributed by atoms with Gasteiger partial charge in [-0.15, -0.1) is 0 Å². The van der Waals surface area contributed by atoms with Crippen LogP contribution in [-0.4, -0.2) is 29.2 Å². The maximum atomic E-state index is 13.1. The molecule has 24 heavy (non-hydrogen) atoms. The average Bonchev–Trinajstić information content (AvgIpc) is 3.23. The Labute approximate surface area is 140 Å². The van der Waals surface area contributed by atoms with Crippen LogP contribution in [0.3, 0.4) is 0 Å². The molecular weight excluding hydrogens is 305 g/mol.